The minimum absolute atomic E-state index is 0. The Kier molecular flexibility index (Phi) is 34.8. The van der Waals surface area contributed by atoms with Crippen LogP contribution in [-0.2, 0) is 93.4 Å². The third-order valence-electron chi connectivity index (χ3n) is 26.4. The molecule has 8 aromatic rings. The molecule has 10 N–H and O–H groups in total. The summed E-state index contributed by atoms with van der Waals surface area (Å²) in [5.74, 6) is -2.66. The number of nitrogens with one attached hydrogen (secondary N) is 4. The molecule has 0 radical (unpaired) electrons. The molecule has 4 aliphatic heterocycles. The van der Waals surface area contributed by atoms with Crippen LogP contribution in [0.1, 0.15) is 148 Å². The van der Waals surface area contributed by atoms with E-state index in [4.69, 9.17) is 57.7 Å². The Morgan fingerprint density at radius 3 is 2.14 bits per heavy atom. The van der Waals surface area contributed by atoms with Crippen molar-refractivity contribution in [3.63, 3.8) is 0 Å². The van der Waals surface area contributed by atoms with Crippen molar-refractivity contribution in [2.75, 3.05) is 148 Å². The number of nitrogen functional groups attached to an aromatic ring is 1. The molecule has 1 spiro atoms. The van der Waals surface area contributed by atoms with Crippen molar-refractivity contribution in [2.45, 2.75) is 208 Å². The van der Waals surface area contributed by atoms with Crippen molar-refractivity contribution in [3.8, 4) is 5.75 Å². The fourth-order valence-electron chi connectivity index (χ4n) is 20.6. The number of nitrogens with zero attached hydrogens (tertiary/aromatic N) is 11. The van der Waals surface area contributed by atoms with Gasteiger partial charge in [0.15, 0.2) is 44.3 Å². The van der Waals surface area contributed by atoms with Crippen LogP contribution in [0.3, 0.4) is 0 Å². The van der Waals surface area contributed by atoms with Crippen LogP contribution in [-0.4, -0.2) is 294 Å². The number of carboxylic acid groups (broad SMARTS) is 1. The van der Waals surface area contributed by atoms with Crippen LogP contribution in [0.4, 0.5) is 17.3 Å². The number of thioether (sulfide) groups is 1. The Morgan fingerprint density at radius 2 is 1.46 bits per heavy atom. The van der Waals surface area contributed by atoms with Gasteiger partial charge >= 0.3 is 11.9 Å². The van der Waals surface area contributed by atoms with Gasteiger partial charge in [-0.3, -0.25) is 33.9 Å². The van der Waals surface area contributed by atoms with Crippen LogP contribution in [0.2, 0.25) is 32.2 Å². The molecule has 10 atom stereocenters. The molecule has 5 aliphatic rings. The Labute approximate surface area is 783 Å². The van der Waals surface area contributed by atoms with Gasteiger partial charge in [0.1, 0.15) is 34.8 Å². The number of unbranched alkanes of at least 4 members (excludes halogenated alkanes) is 1. The van der Waals surface area contributed by atoms with E-state index in [0.29, 0.717) is 190 Å². The highest BCUT2D eigenvalue weighted by Crippen LogP contribution is 2.69. The number of benzene rings is 3. The minimum Gasteiger partial charge on any atom is -0.497 e. The number of β-amino-alcohol motifs (C(OH)–C–C–N with tert-alkyl or cyclic N) is 1. The molecular formula is C93H132N16O19S2Si2. The molecule has 39 heteroatoms. The number of para-hydroxylation sites is 1. The van der Waals surface area contributed by atoms with Crippen LogP contribution >= 0.6 is 25.3 Å². The zero-order valence-corrected chi connectivity index (χ0v) is 81.6. The zero-order chi connectivity index (χ0) is 93.5. The number of carbonyl (C=O) groups excluding carboxylic acids is 4. The molecule has 13 rings (SSSR count). The summed E-state index contributed by atoms with van der Waals surface area (Å²) in [5.41, 5.74) is 6.00. The van der Waals surface area contributed by atoms with Crippen molar-refractivity contribution in [1.29, 1.82) is 0 Å². The number of H-pyrrole nitrogens is 2. The van der Waals surface area contributed by atoms with Gasteiger partial charge in [0, 0.05) is 132 Å². The van der Waals surface area contributed by atoms with E-state index in [0.717, 1.165) is 50.4 Å². The number of esters is 1. The highest BCUT2D eigenvalue weighted by atomic mass is 32.2. The standard InChI is InChI=1S/C93H130N16O19SSi2.H2S/c1-12-89(118)50-61(3)51-92(86(117)121-7,78-70(30-34-106(4)59-89)69-21-14-15-22-72(69)100-78)71-48-68(120-6)49-74-76(71)91-32-35-108-33-19-31-90(13-2,83(91)108)85(116)93(119,84(91)107(74)5)75(111)23-16-17-47-130(8,9)128-131(10,11)60-129-88-97-52-62(53-98-88)56-109-57-66(104-105-109)58-127-46-45-126-44-43-125-42-41-124-40-39-123-38-37-122-36-18-20-67(110)28-29-73(82(114)115)101-80(112)63-24-26-64(27-25-63)95-54-65-55-96-79-77(99-65)81(113)103-87(94)102-79;/h14-15,19,21-22,24-27,31,48-49,52-53,55,57,61,73,83-85,95,100,116,118-119H,12-13,16-18,20,23,28-30,32-47,50-51,54,56,58-60H2,1-11H3,(H,101,112)(H,114,115)(H3,94,96,102,103,113);1H2/t61-,73-,83-,84+,85+,89-,90+,91+,92-,93-;/m0./s1. The molecular weight excluding hydrogens is 1770 g/mol. The van der Waals surface area contributed by atoms with Gasteiger partial charge in [-0.2, -0.15) is 18.5 Å². The Morgan fingerprint density at radius 1 is 0.773 bits per heavy atom. The smallest absolute Gasteiger partial charge is 0.326 e. The number of hydrogen-bond donors (Lipinski definition) is 9. The third kappa shape index (κ3) is 23.2. The van der Waals surface area contributed by atoms with Crippen molar-refractivity contribution in [3.05, 3.63) is 153 Å². The van der Waals surface area contributed by atoms with E-state index >= 15 is 9.59 Å². The van der Waals surface area contributed by atoms with Gasteiger partial charge in [-0.1, -0.05) is 74.5 Å². The van der Waals surface area contributed by atoms with Crippen molar-refractivity contribution >= 4 is 111 Å². The number of hydrogen-bond acceptors (Lipinski definition) is 31. The molecule has 9 heterocycles. The molecule has 1 saturated carbocycles. The quantitative estimate of drug-likeness (QED) is 0.00429. The van der Waals surface area contributed by atoms with Crippen LogP contribution in [0, 0.1) is 11.3 Å². The van der Waals surface area contributed by atoms with Gasteiger partial charge in [0.25, 0.3) is 11.5 Å². The molecule has 0 unspecified atom stereocenters. The number of ether oxygens (including phenoxy) is 8. The van der Waals surface area contributed by atoms with E-state index in [-0.39, 0.29) is 99.2 Å². The Hall–Kier alpha value is -9.02. The minimum atomic E-state index is -2.34. The van der Waals surface area contributed by atoms with Crippen LogP contribution in [0.15, 0.2) is 108 Å². The van der Waals surface area contributed by atoms with Gasteiger partial charge in [-0.05, 0) is 163 Å². The molecule has 35 nitrogen and oxygen atoms in total. The number of rotatable bonds is 48. The van der Waals surface area contributed by atoms with Crippen molar-refractivity contribution < 1.29 is 86.4 Å². The largest absolute Gasteiger partial charge is 0.497 e. The molecule has 1 amide bonds. The number of nitrogens with two attached hydrogens (primary N) is 1. The third-order valence-corrected chi connectivity index (χ3v) is 36.2. The first kappa shape index (κ1) is 102. The Balaban J connectivity index is 0.0000157. The average Bonchev–Trinajstić information content (AvgIpc) is 1.47. The first-order chi connectivity index (χ1) is 62.8. The van der Waals surface area contributed by atoms with E-state index in [1.54, 1.807) is 48.1 Å². The lowest BCUT2D eigenvalue weighted by Crippen LogP contribution is -2.80. The van der Waals surface area contributed by atoms with Gasteiger partial charge in [0.2, 0.25) is 5.95 Å². The highest BCUT2D eigenvalue weighted by Gasteiger charge is 2.79. The van der Waals surface area contributed by atoms with Crippen LogP contribution < -0.4 is 31.6 Å². The highest BCUT2D eigenvalue weighted by molar-refractivity contribution is 8.00. The van der Waals surface area contributed by atoms with Gasteiger partial charge in [-0.15, -0.1) is 5.10 Å². The number of aliphatic carboxylic acids is 1. The molecule has 2 fully saturated rings. The van der Waals surface area contributed by atoms with Gasteiger partial charge in [-0.25, -0.2) is 29.4 Å². The Bertz CT molecular complexity index is 5370. The normalized spacial score (nSPS) is 22.8. The number of aromatic amines is 2. The maximum Gasteiger partial charge on any atom is 0.326 e. The number of carbonyl (C=O) groups is 5. The maximum absolute atomic E-state index is 16.1. The van der Waals surface area contributed by atoms with E-state index in [2.05, 4.69) is 120 Å². The second-order valence-electron chi connectivity index (χ2n) is 36.8. The number of carboxylic acids is 1. The lowest BCUT2D eigenvalue weighted by atomic mass is 9.46. The van der Waals surface area contributed by atoms with Gasteiger partial charge < -0.3 is 93.6 Å². The molecule has 1 saturated heterocycles. The van der Waals surface area contributed by atoms with E-state index in [1.165, 1.54) is 25.4 Å². The van der Waals surface area contributed by atoms with Crippen molar-refractivity contribution in [1.82, 2.24) is 65.0 Å². The summed E-state index contributed by atoms with van der Waals surface area (Å²) in [6, 6.07) is 16.7. The fourth-order valence-corrected chi connectivity index (χ4v) is 31.1. The number of aliphatic hydroxyl groups excluding tert-OH is 1. The number of amides is 1. The number of aliphatic hydroxyl groups is 3. The lowest BCUT2D eigenvalue weighted by Gasteiger charge is -2.64. The average molecular weight is 1900 g/mol. The SMILES string of the molecule is CC[C@]1(O)C[C@H](C)C[C@](C(=O)OC)(c2cc(OC)cc3c2[C@@]24CCN5CC=C[C@@](CC)([C@@H](O)[C@](O)(C(=O)CCCC[Si](C)(C)O[Si](C)(C)CSc6ncc(Cn7cc(COCCOCCOCCOCCOCCOCCCC(=O)CC[C@H](NC(=O)c8ccc(NCc9cnc%10nc(N)[nH]c(=O)c%10n9)cc8)C(=O)O)nn7)cn6)[C@@H]2N3C)[C@H]54)c2[nH]c3ccccc3c2CCN(C)C1.S. The molecule has 1 aliphatic carbocycles. The predicted octanol–water partition coefficient (Wildman–Crippen LogP) is 8.76. The molecule has 0 bridgehead atoms. The summed E-state index contributed by atoms with van der Waals surface area (Å²) < 4.78 is 55.2. The summed E-state index contributed by atoms with van der Waals surface area (Å²) in [4.78, 5) is 116. The predicted molar refractivity (Wildman–Crippen MR) is 510 cm³/mol. The first-order valence-electron chi connectivity index (χ1n) is 45.6. The summed E-state index contributed by atoms with van der Waals surface area (Å²) >= 11 is 1.58. The van der Waals surface area contributed by atoms with Crippen LogP contribution in [0.5, 0.6) is 5.75 Å². The number of aromatic nitrogens is 10. The number of methoxy groups -OCH3 is 2. The van der Waals surface area contributed by atoms with E-state index < -0.39 is 91.5 Å². The number of likely N-dealkylation sites (N-methyl/N-ethyl adjacent to an activating group) is 2. The summed E-state index contributed by atoms with van der Waals surface area (Å²) in [7, 11) is 2.41. The topological polar surface area (TPSA) is 453 Å². The number of Topliss-reactive ketones (excluding diaryl/α,β-unsaturated/α-hetero) is 2. The molecule has 3 aromatic carbocycles. The van der Waals surface area contributed by atoms with Gasteiger partial charge in [0.05, 0.1) is 130 Å². The second kappa shape index (κ2) is 45.1. The summed E-state index contributed by atoms with van der Waals surface area (Å²) in [5, 5.41) is 66.5. The number of fused-ring (bicyclic) bond motifs is 5. The number of ketones is 2. The van der Waals surface area contributed by atoms with Crippen LogP contribution in [0.25, 0.3) is 22.1 Å². The zero-order valence-electron chi connectivity index (χ0n) is 77.8. The molecule has 132 heavy (non-hydrogen) atoms. The molecule has 718 valence electrons. The fraction of sp³-hybridized carbons (Fsp3) is 0.581. The lowest BCUT2D eigenvalue weighted by molar-refractivity contribution is -0.202. The second-order valence-corrected chi connectivity index (χ2v) is 46.9. The summed E-state index contributed by atoms with van der Waals surface area (Å²) in [6.45, 7) is 22.3. The number of anilines is 3. The van der Waals surface area contributed by atoms with E-state index in [9.17, 15) is 39.6 Å². The summed E-state index contributed by atoms with van der Waals surface area (Å²) in [6.07, 6.45) is 14.1. The first-order valence-corrected chi connectivity index (χ1v) is 52.9. The van der Waals surface area contributed by atoms with E-state index in [1.807, 2.05) is 56.4 Å². The molecule has 5 aromatic heterocycles. The monoisotopic (exact) mass is 1900 g/mol. The van der Waals surface area contributed by atoms with Crippen molar-refractivity contribution in [2.24, 2.45) is 11.3 Å². The maximum atomic E-state index is 16.1.